The number of rotatable bonds is 2. The van der Waals surface area contributed by atoms with Gasteiger partial charge in [0.2, 0.25) is 0 Å². The van der Waals surface area contributed by atoms with Gasteiger partial charge in [0.1, 0.15) is 0 Å². The van der Waals surface area contributed by atoms with Crippen LogP contribution in [0.15, 0.2) is 18.2 Å². The molecule has 0 aliphatic carbocycles. The summed E-state index contributed by atoms with van der Waals surface area (Å²) in [6, 6.07) is 4.32. The molecule has 0 saturated carbocycles. The maximum Gasteiger partial charge on any atom is 0.0696 e. The standard InChI is InChI=1S/C13H18O/c1-9-7-10(2)13(11(3)8-9)6-5-12(4)14/h5-8,12,14H,1-4H3/b6-5+. The first-order chi connectivity index (χ1) is 6.50. The van der Waals surface area contributed by atoms with Gasteiger partial charge in [0.05, 0.1) is 6.10 Å². The van der Waals surface area contributed by atoms with Crippen molar-refractivity contribution in [1.82, 2.24) is 0 Å². The van der Waals surface area contributed by atoms with E-state index >= 15 is 0 Å². The lowest BCUT2D eigenvalue weighted by molar-refractivity contribution is 0.245. The van der Waals surface area contributed by atoms with Gasteiger partial charge in [0.15, 0.2) is 0 Å². The Morgan fingerprint density at radius 2 is 1.64 bits per heavy atom. The molecule has 1 rings (SSSR count). The SMILES string of the molecule is Cc1cc(C)c(/C=C/C(C)O)c(C)c1. The molecule has 0 amide bonds. The minimum absolute atomic E-state index is 0.380. The zero-order valence-electron chi connectivity index (χ0n) is 9.33. The largest absolute Gasteiger partial charge is 0.389 e. The third-order valence-electron chi connectivity index (χ3n) is 2.28. The third kappa shape index (κ3) is 2.71. The Bertz CT molecular complexity index is 325. The number of aliphatic hydroxyl groups excluding tert-OH is 1. The van der Waals surface area contributed by atoms with Crippen molar-refractivity contribution in [2.45, 2.75) is 33.8 Å². The van der Waals surface area contributed by atoms with E-state index in [2.05, 4.69) is 32.9 Å². The van der Waals surface area contributed by atoms with Crippen LogP contribution in [-0.4, -0.2) is 11.2 Å². The van der Waals surface area contributed by atoms with Gasteiger partial charge in [0, 0.05) is 0 Å². The van der Waals surface area contributed by atoms with Gasteiger partial charge in [-0.05, 0) is 44.4 Å². The summed E-state index contributed by atoms with van der Waals surface area (Å²) in [7, 11) is 0. The van der Waals surface area contributed by atoms with E-state index in [1.54, 1.807) is 6.92 Å². The molecule has 1 aromatic rings. The molecule has 0 spiro atoms. The molecule has 0 aromatic heterocycles. The van der Waals surface area contributed by atoms with Gasteiger partial charge in [-0.3, -0.25) is 0 Å². The summed E-state index contributed by atoms with van der Waals surface area (Å²) >= 11 is 0. The van der Waals surface area contributed by atoms with E-state index in [9.17, 15) is 0 Å². The number of aliphatic hydroxyl groups is 1. The van der Waals surface area contributed by atoms with Crippen LogP contribution in [-0.2, 0) is 0 Å². The Hall–Kier alpha value is -1.08. The van der Waals surface area contributed by atoms with Crippen molar-refractivity contribution in [1.29, 1.82) is 0 Å². The predicted octanol–water partition coefficient (Wildman–Crippen LogP) is 3.01. The molecule has 0 aliphatic heterocycles. The van der Waals surface area contributed by atoms with Crippen LogP contribution in [0.1, 0.15) is 29.2 Å². The van der Waals surface area contributed by atoms with Crippen LogP contribution in [0, 0.1) is 20.8 Å². The summed E-state index contributed by atoms with van der Waals surface area (Å²) < 4.78 is 0. The fourth-order valence-corrected chi connectivity index (χ4v) is 1.69. The molecule has 0 heterocycles. The lowest BCUT2D eigenvalue weighted by atomic mass is 9.99. The Morgan fingerprint density at radius 3 is 2.07 bits per heavy atom. The number of hydrogen-bond acceptors (Lipinski definition) is 1. The van der Waals surface area contributed by atoms with Crippen LogP contribution in [0.4, 0.5) is 0 Å². The van der Waals surface area contributed by atoms with Gasteiger partial charge in [-0.25, -0.2) is 0 Å². The molecule has 1 atom stereocenters. The van der Waals surface area contributed by atoms with Gasteiger partial charge in [-0.1, -0.05) is 29.8 Å². The molecule has 76 valence electrons. The van der Waals surface area contributed by atoms with Crippen LogP contribution in [0.3, 0.4) is 0 Å². The number of hydrogen-bond donors (Lipinski definition) is 1. The second-order valence-corrected chi connectivity index (χ2v) is 3.91. The number of benzene rings is 1. The van der Waals surface area contributed by atoms with Crippen molar-refractivity contribution in [3.05, 3.63) is 40.5 Å². The van der Waals surface area contributed by atoms with Gasteiger partial charge >= 0.3 is 0 Å². The summed E-state index contributed by atoms with van der Waals surface area (Å²) in [5.74, 6) is 0. The third-order valence-corrected chi connectivity index (χ3v) is 2.28. The smallest absolute Gasteiger partial charge is 0.0696 e. The predicted molar refractivity (Wildman–Crippen MR) is 61.4 cm³/mol. The van der Waals surface area contributed by atoms with Gasteiger partial charge < -0.3 is 5.11 Å². The monoisotopic (exact) mass is 190 g/mol. The average Bonchev–Trinajstić information content (AvgIpc) is 2.01. The molecule has 1 nitrogen and oxygen atoms in total. The minimum Gasteiger partial charge on any atom is -0.389 e. The maximum atomic E-state index is 9.16. The van der Waals surface area contributed by atoms with Crippen LogP contribution in [0.5, 0.6) is 0 Å². The van der Waals surface area contributed by atoms with Crippen molar-refractivity contribution < 1.29 is 5.11 Å². The molecule has 1 N–H and O–H groups in total. The molecule has 1 heteroatoms. The summed E-state index contributed by atoms with van der Waals surface area (Å²) in [5.41, 5.74) is 5.03. The van der Waals surface area contributed by atoms with E-state index in [0.29, 0.717) is 0 Å². The first-order valence-corrected chi connectivity index (χ1v) is 4.95. The molecular formula is C13H18O. The summed E-state index contributed by atoms with van der Waals surface area (Å²) in [4.78, 5) is 0. The molecule has 1 unspecified atom stereocenters. The van der Waals surface area contributed by atoms with E-state index in [1.807, 2.05) is 12.2 Å². The highest BCUT2D eigenvalue weighted by Gasteiger charge is 2.00. The quantitative estimate of drug-likeness (QED) is 0.760. The Balaban J connectivity index is 3.09. The Morgan fingerprint density at radius 1 is 1.14 bits per heavy atom. The average molecular weight is 190 g/mol. The second-order valence-electron chi connectivity index (χ2n) is 3.91. The summed E-state index contributed by atoms with van der Waals surface area (Å²) in [5, 5.41) is 9.16. The minimum atomic E-state index is -0.380. The zero-order valence-corrected chi connectivity index (χ0v) is 9.33. The topological polar surface area (TPSA) is 20.2 Å². The molecule has 1 aromatic carbocycles. The van der Waals surface area contributed by atoms with E-state index in [4.69, 9.17) is 5.11 Å². The van der Waals surface area contributed by atoms with E-state index in [1.165, 1.54) is 22.3 Å². The van der Waals surface area contributed by atoms with Crippen molar-refractivity contribution in [3.63, 3.8) is 0 Å². The first-order valence-electron chi connectivity index (χ1n) is 4.95. The lowest BCUT2D eigenvalue weighted by Gasteiger charge is -2.07. The molecule has 0 bridgehead atoms. The van der Waals surface area contributed by atoms with Crippen molar-refractivity contribution in [2.24, 2.45) is 0 Å². The fraction of sp³-hybridized carbons (Fsp3) is 0.385. The highest BCUT2D eigenvalue weighted by molar-refractivity contribution is 5.58. The Kier molecular flexibility index (Phi) is 3.48. The van der Waals surface area contributed by atoms with Crippen molar-refractivity contribution in [3.8, 4) is 0 Å². The van der Waals surface area contributed by atoms with Crippen LogP contribution < -0.4 is 0 Å². The molecular weight excluding hydrogens is 172 g/mol. The first kappa shape index (κ1) is 11.0. The summed E-state index contributed by atoms with van der Waals surface area (Å²) in [6.45, 7) is 8.06. The van der Waals surface area contributed by atoms with Gasteiger partial charge in [-0.15, -0.1) is 0 Å². The molecule has 0 radical (unpaired) electrons. The van der Waals surface area contributed by atoms with Crippen molar-refractivity contribution >= 4 is 6.08 Å². The number of aryl methyl sites for hydroxylation is 3. The molecule has 14 heavy (non-hydrogen) atoms. The Labute approximate surface area is 86.1 Å². The summed E-state index contributed by atoms with van der Waals surface area (Å²) in [6.07, 6.45) is 3.43. The molecule has 0 aliphatic rings. The maximum absolute atomic E-state index is 9.16. The van der Waals surface area contributed by atoms with Gasteiger partial charge in [0.25, 0.3) is 0 Å². The highest BCUT2D eigenvalue weighted by Crippen LogP contribution is 2.17. The van der Waals surface area contributed by atoms with E-state index in [-0.39, 0.29) is 6.10 Å². The van der Waals surface area contributed by atoms with E-state index < -0.39 is 0 Å². The normalized spacial score (nSPS) is 13.5. The van der Waals surface area contributed by atoms with Gasteiger partial charge in [-0.2, -0.15) is 0 Å². The molecule has 0 fully saturated rings. The lowest BCUT2D eigenvalue weighted by Crippen LogP contribution is -1.93. The van der Waals surface area contributed by atoms with Crippen LogP contribution >= 0.6 is 0 Å². The highest BCUT2D eigenvalue weighted by atomic mass is 16.3. The fourth-order valence-electron chi connectivity index (χ4n) is 1.69. The molecule has 0 saturated heterocycles. The zero-order chi connectivity index (χ0) is 10.7. The van der Waals surface area contributed by atoms with Crippen LogP contribution in [0.25, 0.3) is 6.08 Å². The second kappa shape index (κ2) is 4.43. The van der Waals surface area contributed by atoms with Crippen molar-refractivity contribution in [2.75, 3.05) is 0 Å². The van der Waals surface area contributed by atoms with Crippen LogP contribution in [0.2, 0.25) is 0 Å². The van der Waals surface area contributed by atoms with E-state index in [0.717, 1.165) is 0 Å².